The normalized spacial score (nSPS) is 18.4. The average Bonchev–Trinajstić information content (AvgIpc) is 1.95. The van der Waals surface area contributed by atoms with Crippen LogP contribution in [0.4, 0.5) is 0 Å². The summed E-state index contributed by atoms with van der Waals surface area (Å²) >= 11 is 0. The summed E-state index contributed by atoms with van der Waals surface area (Å²) in [6.07, 6.45) is 0.813. The van der Waals surface area contributed by atoms with E-state index in [9.17, 15) is 0 Å². The van der Waals surface area contributed by atoms with Gasteiger partial charge in [0.05, 0.1) is 6.54 Å². The Morgan fingerprint density at radius 3 is 2.90 bits per heavy atom. The average molecular weight is 139 g/mol. The van der Waals surface area contributed by atoms with Gasteiger partial charge in [0.2, 0.25) is 5.88 Å². The Bertz CT molecular complexity index is 194. The quantitative estimate of drug-likeness (QED) is 0.576. The number of nitrogens with one attached hydrogen (secondary N) is 1. The van der Waals surface area contributed by atoms with Gasteiger partial charge >= 0.3 is 0 Å². The molecule has 1 radical (unpaired) electrons. The Morgan fingerprint density at radius 1 is 1.70 bits per heavy atom. The Balaban J connectivity index is 2.76. The summed E-state index contributed by atoms with van der Waals surface area (Å²) in [4.78, 5) is 3.89. The maximum Gasteiger partial charge on any atom is 0.213 e. The van der Waals surface area contributed by atoms with E-state index in [2.05, 4.69) is 10.3 Å². The van der Waals surface area contributed by atoms with E-state index >= 15 is 0 Å². The second kappa shape index (κ2) is 2.73. The molecule has 0 fully saturated rings. The van der Waals surface area contributed by atoms with Crippen molar-refractivity contribution in [2.75, 3.05) is 0 Å². The molecule has 1 aliphatic rings. The predicted octanol–water partition coefficient (Wildman–Crippen LogP) is 1.35. The lowest BCUT2D eigenvalue weighted by molar-refractivity contribution is 0.397. The standard InChI is InChI=1S/C7H11N2O/c1-3-6-8-4-5(2)7(10)9-6/h4,10H,3H2,1-2H3,(H,8,9). The molecule has 0 amide bonds. The molecule has 0 spiro atoms. The molecule has 55 valence electrons. The van der Waals surface area contributed by atoms with Gasteiger partial charge in [-0.05, 0) is 6.92 Å². The van der Waals surface area contributed by atoms with Gasteiger partial charge in [-0.25, -0.2) is 4.99 Å². The summed E-state index contributed by atoms with van der Waals surface area (Å²) in [5.41, 5.74) is 0.775. The van der Waals surface area contributed by atoms with Crippen LogP contribution >= 0.6 is 0 Å². The molecule has 1 aliphatic heterocycles. The molecule has 1 rings (SSSR count). The number of nitrogens with zero attached hydrogens (tertiary/aromatic N) is 1. The highest BCUT2D eigenvalue weighted by molar-refractivity contribution is 5.84. The summed E-state index contributed by atoms with van der Waals surface area (Å²) in [6.45, 7) is 5.53. The van der Waals surface area contributed by atoms with Crippen molar-refractivity contribution in [1.29, 1.82) is 0 Å². The van der Waals surface area contributed by atoms with Crippen LogP contribution in [0.2, 0.25) is 0 Å². The van der Waals surface area contributed by atoms with E-state index in [4.69, 9.17) is 5.11 Å². The van der Waals surface area contributed by atoms with E-state index in [-0.39, 0.29) is 5.88 Å². The number of rotatable bonds is 1. The minimum atomic E-state index is 0.121. The van der Waals surface area contributed by atoms with E-state index < -0.39 is 0 Å². The second-order valence-corrected chi connectivity index (χ2v) is 2.21. The molecule has 0 saturated carbocycles. The Labute approximate surface area is 60.5 Å². The molecule has 0 saturated heterocycles. The van der Waals surface area contributed by atoms with Crippen molar-refractivity contribution in [3.63, 3.8) is 0 Å². The van der Waals surface area contributed by atoms with E-state index in [1.165, 1.54) is 0 Å². The predicted molar refractivity (Wildman–Crippen MR) is 40.5 cm³/mol. The van der Waals surface area contributed by atoms with Crippen molar-refractivity contribution in [2.45, 2.75) is 20.3 Å². The van der Waals surface area contributed by atoms with Crippen molar-refractivity contribution in [1.82, 2.24) is 5.32 Å². The third-order valence-corrected chi connectivity index (χ3v) is 1.38. The molecular formula is C7H11N2O. The Morgan fingerprint density at radius 2 is 2.40 bits per heavy atom. The van der Waals surface area contributed by atoms with Gasteiger partial charge in [0, 0.05) is 12.0 Å². The van der Waals surface area contributed by atoms with E-state index in [0.717, 1.165) is 17.8 Å². The van der Waals surface area contributed by atoms with E-state index in [0.29, 0.717) is 0 Å². The van der Waals surface area contributed by atoms with Crippen LogP contribution in [-0.4, -0.2) is 10.9 Å². The van der Waals surface area contributed by atoms with Gasteiger partial charge in [0.1, 0.15) is 5.84 Å². The van der Waals surface area contributed by atoms with Gasteiger partial charge in [-0.3, -0.25) is 0 Å². The lowest BCUT2D eigenvalue weighted by atomic mass is 10.2. The van der Waals surface area contributed by atoms with Crippen LogP contribution in [0.3, 0.4) is 0 Å². The summed E-state index contributed by atoms with van der Waals surface area (Å²) in [7, 11) is 0. The molecular weight excluding hydrogens is 128 g/mol. The van der Waals surface area contributed by atoms with Crippen LogP contribution in [0.1, 0.15) is 20.3 Å². The van der Waals surface area contributed by atoms with Crippen LogP contribution < -0.4 is 5.32 Å². The first-order chi connectivity index (χ1) is 4.74. The first kappa shape index (κ1) is 7.12. The Hall–Kier alpha value is -0.990. The maximum absolute atomic E-state index is 9.10. The Kier molecular flexibility index (Phi) is 1.94. The molecule has 0 aromatic carbocycles. The van der Waals surface area contributed by atoms with Crippen molar-refractivity contribution in [3.05, 3.63) is 18.0 Å². The molecule has 3 nitrogen and oxygen atoms in total. The highest BCUT2D eigenvalue weighted by Crippen LogP contribution is 2.09. The van der Waals surface area contributed by atoms with Crippen LogP contribution in [-0.2, 0) is 0 Å². The molecule has 0 atom stereocenters. The SMILES string of the molecule is CCC1=NC(O)=C(C)[CH]N1. The molecule has 0 aromatic rings. The van der Waals surface area contributed by atoms with Crippen molar-refractivity contribution in [3.8, 4) is 0 Å². The zero-order valence-electron chi connectivity index (χ0n) is 6.18. The largest absolute Gasteiger partial charge is 0.493 e. The fourth-order valence-corrected chi connectivity index (χ4v) is 0.686. The van der Waals surface area contributed by atoms with Crippen LogP contribution in [0.25, 0.3) is 0 Å². The highest BCUT2D eigenvalue weighted by Gasteiger charge is 2.07. The van der Waals surface area contributed by atoms with E-state index in [1.807, 2.05) is 6.92 Å². The fraction of sp³-hybridized carbons (Fsp3) is 0.429. The van der Waals surface area contributed by atoms with E-state index in [1.54, 1.807) is 13.5 Å². The van der Waals surface area contributed by atoms with Crippen molar-refractivity contribution < 1.29 is 5.11 Å². The molecule has 10 heavy (non-hydrogen) atoms. The smallest absolute Gasteiger partial charge is 0.213 e. The number of aliphatic imine (C=N–C) groups is 1. The third-order valence-electron chi connectivity index (χ3n) is 1.38. The minimum Gasteiger partial charge on any atom is -0.493 e. The molecule has 3 heteroatoms. The number of aliphatic hydroxyl groups is 1. The van der Waals surface area contributed by atoms with Gasteiger partial charge in [0.15, 0.2) is 0 Å². The van der Waals surface area contributed by atoms with Crippen molar-refractivity contribution >= 4 is 5.84 Å². The van der Waals surface area contributed by atoms with Crippen LogP contribution in [0, 0.1) is 6.54 Å². The number of amidine groups is 1. The van der Waals surface area contributed by atoms with Gasteiger partial charge in [-0.1, -0.05) is 6.92 Å². The van der Waals surface area contributed by atoms with Gasteiger partial charge in [-0.15, -0.1) is 0 Å². The summed E-state index contributed by atoms with van der Waals surface area (Å²) < 4.78 is 0. The molecule has 0 aliphatic carbocycles. The number of hydrogen-bond acceptors (Lipinski definition) is 3. The number of aliphatic hydroxyl groups excluding tert-OH is 1. The number of hydrogen-bond donors (Lipinski definition) is 2. The molecule has 2 N–H and O–H groups in total. The maximum atomic E-state index is 9.10. The molecule has 1 heterocycles. The first-order valence-electron chi connectivity index (χ1n) is 3.31. The van der Waals surface area contributed by atoms with Crippen molar-refractivity contribution in [2.24, 2.45) is 4.99 Å². The van der Waals surface area contributed by atoms with Gasteiger partial charge in [0.25, 0.3) is 0 Å². The second-order valence-electron chi connectivity index (χ2n) is 2.21. The zero-order chi connectivity index (χ0) is 7.56. The van der Waals surface area contributed by atoms with Gasteiger partial charge in [-0.2, -0.15) is 0 Å². The highest BCUT2D eigenvalue weighted by atomic mass is 16.3. The van der Waals surface area contributed by atoms with Crippen LogP contribution in [0.15, 0.2) is 16.4 Å². The first-order valence-corrected chi connectivity index (χ1v) is 3.31. The zero-order valence-corrected chi connectivity index (χ0v) is 6.18. The third kappa shape index (κ3) is 1.29. The molecule has 0 unspecified atom stereocenters. The topological polar surface area (TPSA) is 44.6 Å². The fourth-order valence-electron chi connectivity index (χ4n) is 0.686. The monoisotopic (exact) mass is 139 g/mol. The summed E-state index contributed by atoms with van der Waals surface area (Å²) in [6, 6.07) is 0. The summed E-state index contributed by atoms with van der Waals surface area (Å²) in [5, 5.41) is 12.1. The lowest BCUT2D eigenvalue weighted by Gasteiger charge is -2.13. The molecule has 0 bridgehead atoms. The van der Waals surface area contributed by atoms with Gasteiger partial charge < -0.3 is 10.4 Å². The minimum absolute atomic E-state index is 0.121. The summed E-state index contributed by atoms with van der Waals surface area (Å²) in [5.74, 6) is 0.929. The van der Waals surface area contributed by atoms with Crippen LogP contribution in [0.5, 0.6) is 0 Å². The molecule has 0 aromatic heterocycles. The lowest BCUT2D eigenvalue weighted by Crippen LogP contribution is -2.24.